The van der Waals surface area contributed by atoms with E-state index < -0.39 is 0 Å². The summed E-state index contributed by atoms with van der Waals surface area (Å²) in [7, 11) is 1.56. The largest absolute Gasteiger partial charge is 0.467 e. The van der Waals surface area contributed by atoms with Crippen molar-refractivity contribution in [2.45, 2.75) is 33.1 Å². The van der Waals surface area contributed by atoms with Crippen molar-refractivity contribution < 1.29 is 4.74 Å². The zero-order valence-corrected chi connectivity index (χ0v) is 9.58. The van der Waals surface area contributed by atoms with Gasteiger partial charge in [-0.05, 0) is 13.3 Å². The second-order valence-electron chi connectivity index (χ2n) is 3.20. The van der Waals surface area contributed by atoms with E-state index in [1.54, 1.807) is 7.11 Å². The topological polar surface area (TPSA) is 59.9 Å². The van der Waals surface area contributed by atoms with Crippen LogP contribution in [0.2, 0.25) is 0 Å². The van der Waals surface area contributed by atoms with E-state index in [9.17, 15) is 0 Å². The number of aryl methyl sites for hydroxylation is 1. The Kier molecular flexibility index (Phi) is 4.80. The number of rotatable bonds is 6. The van der Waals surface area contributed by atoms with Crippen molar-refractivity contribution in [3.05, 3.63) is 5.82 Å². The van der Waals surface area contributed by atoms with Crippen molar-refractivity contribution in [2.75, 3.05) is 19.0 Å². The number of ether oxygens (including phenoxy) is 1. The lowest BCUT2D eigenvalue weighted by Crippen LogP contribution is -2.08. The van der Waals surface area contributed by atoms with Crippen LogP contribution in [0.3, 0.4) is 0 Å². The maximum absolute atomic E-state index is 5.02. The Morgan fingerprint density at radius 1 is 1.20 bits per heavy atom. The highest BCUT2D eigenvalue weighted by molar-refractivity contribution is 5.25. The highest BCUT2D eigenvalue weighted by Crippen LogP contribution is 2.08. The summed E-state index contributed by atoms with van der Waals surface area (Å²) in [6.07, 6.45) is 3.08. The molecule has 0 saturated carbocycles. The number of aromatic nitrogens is 3. The molecule has 15 heavy (non-hydrogen) atoms. The number of hydrogen-bond donors (Lipinski definition) is 1. The van der Waals surface area contributed by atoms with Crippen molar-refractivity contribution in [1.29, 1.82) is 0 Å². The van der Waals surface area contributed by atoms with Crippen LogP contribution in [-0.2, 0) is 6.42 Å². The van der Waals surface area contributed by atoms with Crippen molar-refractivity contribution in [3.63, 3.8) is 0 Å². The molecule has 0 spiro atoms. The lowest BCUT2D eigenvalue weighted by molar-refractivity contribution is 0.376. The lowest BCUT2D eigenvalue weighted by Gasteiger charge is -2.06. The Labute approximate surface area is 90.3 Å². The monoisotopic (exact) mass is 210 g/mol. The molecule has 5 heteroatoms. The molecule has 1 rings (SSSR count). The van der Waals surface area contributed by atoms with Crippen LogP contribution >= 0.6 is 0 Å². The third-order valence-corrected chi connectivity index (χ3v) is 1.93. The Bertz CT molecular complexity index is 303. The quantitative estimate of drug-likeness (QED) is 0.773. The van der Waals surface area contributed by atoms with Gasteiger partial charge in [-0.25, -0.2) is 0 Å². The Morgan fingerprint density at radius 2 is 2.00 bits per heavy atom. The van der Waals surface area contributed by atoms with E-state index >= 15 is 0 Å². The molecule has 0 atom stereocenters. The minimum Gasteiger partial charge on any atom is -0.467 e. The number of hydrogen-bond acceptors (Lipinski definition) is 5. The summed E-state index contributed by atoms with van der Waals surface area (Å²) in [6.45, 7) is 4.94. The van der Waals surface area contributed by atoms with Crippen LogP contribution in [0.4, 0.5) is 5.95 Å². The summed E-state index contributed by atoms with van der Waals surface area (Å²) < 4.78 is 5.02. The van der Waals surface area contributed by atoms with E-state index in [2.05, 4.69) is 27.2 Å². The normalized spacial score (nSPS) is 10.1. The van der Waals surface area contributed by atoms with E-state index in [-0.39, 0.29) is 0 Å². The molecule has 0 bridgehead atoms. The van der Waals surface area contributed by atoms with Gasteiger partial charge in [0.25, 0.3) is 0 Å². The van der Waals surface area contributed by atoms with Gasteiger partial charge in [0, 0.05) is 13.0 Å². The average molecular weight is 210 g/mol. The van der Waals surface area contributed by atoms with Crippen LogP contribution in [-0.4, -0.2) is 28.6 Å². The van der Waals surface area contributed by atoms with Gasteiger partial charge in [0.1, 0.15) is 5.82 Å². The molecular formula is C10H18N4O. The molecule has 0 fully saturated rings. The smallest absolute Gasteiger partial charge is 0.321 e. The molecule has 0 radical (unpaired) electrons. The molecule has 5 nitrogen and oxygen atoms in total. The highest BCUT2D eigenvalue weighted by Gasteiger charge is 2.05. The summed E-state index contributed by atoms with van der Waals surface area (Å²) in [4.78, 5) is 12.6. The van der Waals surface area contributed by atoms with Crippen LogP contribution in [0.1, 0.15) is 32.5 Å². The van der Waals surface area contributed by atoms with Crippen LogP contribution < -0.4 is 10.1 Å². The fourth-order valence-electron chi connectivity index (χ4n) is 1.17. The standard InChI is InChI=1S/C10H18N4O/c1-4-6-7-8-12-9(11-5-2)14-10(13-8)15-3/h4-7H2,1-3H3,(H,11,12,13,14). The Hall–Kier alpha value is -1.39. The first-order valence-electron chi connectivity index (χ1n) is 5.33. The van der Waals surface area contributed by atoms with E-state index in [0.29, 0.717) is 12.0 Å². The number of nitrogens with zero attached hydrogens (tertiary/aromatic N) is 3. The maximum atomic E-state index is 5.02. The van der Waals surface area contributed by atoms with Crippen LogP contribution in [0, 0.1) is 0 Å². The molecular weight excluding hydrogens is 192 g/mol. The van der Waals surface area contributed by atoms with Crippen molar-refractivity contribution in [2.24, 2.45) is 0 Å². The zero-order chi connectivity index (χ0) is 11.1. The van der Waals surface area contributed by atoms with Crippen molar-refractivity contribution in [1.82, 2.24) is 15.0 Å². The molecule has 1 N–H and O–H groups in total. The highest BCUT2D eigenvalue weighted by atomic mass is 16.5. The molecule has 0 aromatic carbocycles. The minimum absolute atomic E-state index is 0.382. The van der Waals surface area contributed by atoms with Crippen molar-refractivity contribution >= 4 is 5.95 Å². The van der Waals surface area contributed by atoms with E-state index in [0.717, 1.165) is 31.6 Å². The molecule has 1 heterocycles. The zero-order valence-electron chi connectivity index (χ0n) is 9.58. The first kappa shape index (κ1) is 11.7. The molecule has 0 saturated heterocycles. The molecule has 1 aromatic rings. The molecule has 0 aliphatic rings. The Balaban J connectivity index is 2.79. The average Bonchev–Trinajstić information content (AvgIpc) is 2.26. The summed E-state index contributed by atoms with van der Waals surface area (Å²) in [5, 5.41) is 3.06. The van der Waals surface area contributed by atoms with Crippen LogP contribution in [0.5, 0.6) is 6.01 Å². The van der Waals surface area contributed by atoms with Gasteiger partial charge in [-0.2, -0.15) is 15.0 Å². The Morgan fingerprint density at radius 3 is 2.60 bits per heavy atom. The van der Waals surface area contributed by atoms with E-state index in [4.69, 9.17) is 4.74 Å². The summed E-state index contributed by atoms with van der Waals surface area (Å²) in [5.74, 6) is 1.38. The van der Waals surface area contributed by atoms with Gasteiger partial charge in [0.05, 0.1) is 7.11 Å². The molecule has 0 aliphatic heterocycles. The number of anilines is 1. The lowest BCUT2D eigenvalue weighted by atomic mass is 10.2. The molecule has 1 aromatic heterocycles. The summed E-state index contributed by atoms with van der Waals surface area (Å²) in [6, 6.07) is 0.382. The van der Waals surface area contributed by atoms with Gasteiger partial charge in [0.15, 0.2) is 0 Å². The van der Waals surface area contributed by atoms with Crippen molar-refractivity contribution in [3.8, 4) is 6.01 Å². The van der Waals surface area contributed by atoms with Gasteiger partial charge in [0.2, 0.25) is 5.95 Å². The first-order valence-corrected chi connectivity index (χ1v) is 5.33. The van der Waals surface area contributed by atoms with Gasteiger partial charge >= 0.3 is 6.01 Å². The number of unbranched alkanes of at least 4 members (excludes halogenated alkanes) is 1. The molecule has 0 unspecified atom stereocenters. The van der Waals surface area contributed by atoms with E-state index in [1.165, 1.54) is 0 Å². The predicted molar refractivity (Wildman–Crippen MR) is 59.2 cm³/mol. The molecule has 0 aliphatic carbocycles. The summed E-state index contributed by atoms with van der Waals surface area (Å²) >= 11 is 0. The predicted octanol–water partition coefficient (Wildman–Crippen LogP) is 1.65. The third-order valence-electron chi connectivity index (χ3n) is 1.93. The molecule has 0 amide bonds. The fourth-order valence-corrected chi connectivity index (χ4v) is 1.17. The van der Waals surface area contributed by atoms with Gasteiger partial charge < -0.3 is 10.1 Å². The number of nitrogens with one attached hydrogen (secondary N) is 1. The van der Waals surface area contributed by atoms with E-state index in [1.807, 2.05) is 6.92 Å². The first-order chi connectivity index (χ1) is 7.30. The number of methoxy groups -OCH3 is 1. The fraction of sp³-hybridized carbons (Fsp3) is 0.700. The van der Waals surface area contributed by atoms with Gasteiger partial charge in [-0.1, -0.05) is 13.3 Å². The van der Waals surface area contributed by atoms with Gasteiger partial charge in [-0.3, -0.25) is 0 Å². The summed E-state index contributed by atoms with van der Waals surface area (Å²) in [5.41, 5.74) is 0. The minimum atomic E-state index is 0.382. The van der Waals surface area contributed by atoms with Crippen LogP contribution in [0.25, 0.3) is 0 Å². The SMILES string of the molecule is CCCCc1nc(NCC)nc(OC)n1. The second kappa shape index (κ2) is 6.16. The van der Waals surface area contributed by atoms with Gasteiger partial charge in [-0.15, -0.1) is 0 Å². The second-order valence-corrected chi connectivity index (χ2v) is 3.20. The molecule has 84 valence electrons. The van der Waals surface area contributed by atoms with Crippen LogP contribution in [0.15, 0.2) is 0 Å². The maximum Gasteiger partial charge on any atom is 0.321 e. The third kappa shape index (κ3) is 3.69.